The van der Waals surface area contributed by atoms with Crippen LogP contribution in [-0.2, 0) is 19.5 Å². The third-order valence-electron chi connectivity index (χ3n) is 1.28. The van der Waals surface area contributed by atoms with Gasteiger partial charge in [-0.2, -0.15) is 34.9 Å². The van der Waals surface area contributed by atoms with Gasteiger partial charge in [-0.3, -0.25) is 0 Å². The predicted molar refractivity (Wildman–Crippen MR) is 39.5 cm³/mol. The number of hydrogen-bond acceptors (Lipinski definition) is 0. The van der Waals surface area contributed by atoms with Crippen molar-refractivity contribution < 1.29 is 44.3 Å². The van der Waals surface area contributed by atoms with Crippen LogP contribution in [-0.4, -0.2) is 0 Å². The Hall–Kier alpha value is 0.423. The molecule has 0 fully saturated rings. The molecule has 0 aliphatic carbocycles. The van der Waals surface area contributed by atoms with Crippen molar-refractivity contribution in [3.05, 3.63) is 34.9 Å². The first-order valence-corrected chi connectivity index (χ1v) is 3.15. The summed E-state index contributed by atoms with van der Waals surface area (Å²) in [5.74, 6) is 0. The van der Waals surface area contributed by atoms with E-state index in [0.717, 1.165) is 0 Å². The molecular formula is C9H11Cl2Ru. The van der Waals surface area contributed by atoms with Gasteiger partial charge in [-0.1, -0.05) is 20.8 Å². The maximum absolute atomic E-state index is 3.21. The summed E-state index contributed by atoms with van der Waals surface area (Å²) < 4.78 is 0. The van der Waals surface area contributed by atoms with Gasteiger partial charge in [-0.15, -0.1) is 0 Å². The minimum atomic E-state index is 0. The molecule has 0 unspecified atom stereocenters. The van der Waals surface area contributed by atoms with E-state index in [9.17, 15) is 0 Å². The minimum Gasteiger partial charge on any atom is -1.00 e. The number of hydrogen-bond donors (Lipinski definition) is 0. The molecule has 0 heterocycles. The van der Waals surface area contributed by atoms with Crippen molar-refractivity contribution in [3.8, 4) is 0 Å². The number of aryl methyl sites for hydroxylation is 3. The molecule has 1 aromatic rings. The minimum absolute atomic E-state index is 0. The molecule has 0 spiro atoms. The maximum Gasteiger partial charge on any atom is 3.00 e. The molecule has 1 aromatic carbocycles. The molecule has 0 bridgehead atoms. The Morgan fingerprint density at radius 1 is 0.917 bits per heavy atom. The second-order valence-corrected chi connectivity index (χ2v) is 2.52. The molecule has 1 rings (SSSR count). The van der Waals surface area contributed by atoms with Crippen molar-refractivity contribution in [2.75, 3.05) is 0 Å². The van der Waals surface area contributed by atoms with Crippen molar-refractivity contribution in [3.63, 3.8) is 0 Å². The van der Waals surface area contributed by atoms with Crippen LogP contribution in [0.3, 0.4) is 0 Å². The van der Waals surface area contributed by atoms with Crippen molar-refractivity contribution in [1.29, 1.82) is 0 Å². The summed E-state index contributed by atoms with van der Waals surface area (Å²) in [5, 5.41) is 0. The van der Waals surface area contributed by atoms with Crippen LogP contribution in [0.2, 0.25) is 0 Å². The Balaban J connectivity index is -0.000000270. The molecule has 69 valence electrons. The van der Waals surface area contributed by atoms with E-state index in [1.165, 1.54) is 16.7 Å². The molecule has 0 atom stereocenters. The average Bonchev–Trinajstić information content (AvgIpc) is 1.59. The molecule has 0 aromatic heterocycles. The van der Waals surface area contributed by atoms with Crippen LogP contribution < -0.4 is 24.8 Å². The summed E-state index contributed by atoms with van der Waals surface area (Å²) in [6.45, 7) is 6.24. The summed E-state index contributed by atoms with van der Waals surface area (Å²) in [4.78, 5) is 0. The van der Waals surface area contributed by atoms with Crippen LogP contribution in [0.15, 0.2) is 12.1 Å². The van der Waals surface area contributed by atoms with Crippen molar-refractivity contribution in [1.82, 2.24) is 0 Å². The zero-order valence-electron chi connectivity index (χ0n) is 7.26. The van der Waals surface area contributed by atoms with Crippen LogP contribution >= 0.6 is 0 Å². The van der Waals surface area contributed by atoms with Gasteiger partial charge < -0.3 is 24.8 Å². The fourth-order valence-electron chi connectivity index (χ4n) is 1.11. The van der Waals surface area contributed by atoms with E-state index in [-0.39, 0.29) is 44.3 Å². The van der Waals surface area contributed by atoms with Gasteiger partial charge in [-0.25, -0.2) is 0 Å². The van der Waals surface area contributed by atoms with E-state index in [2.05, 4.69) is 39.0 Å². The van der Waals surface area contributed by atoms with Crippen molar-refractivity contribution in [2.24, 2.45) is 0 Å². The van der Waals surface area contributed by atoms with E-state index >= 15 is 0 Å². The van der Waals surface area contributed by atoms with E-state index in [1.807, 2.05) is 0 Å². The number of rotatable bonds is 0. The van der Waals surface area contributed by atoms with Crippen LogP contribution in [0.1, 0.15) is 16.7 Å². The Bertz CT molecular complexity index is 173. The third kappa shape index (κ3) is 6.00. The van der Waals surface area contributed by atoms with Gasteiger partial charge in [0, 0.05) is 0 Å². The van der Waals surface area contributed by atoms with Gasteiger partial charge in [0.2, 0.25) is 0 Å². The fourth-order valence-corrected chi connectivity index (χ4v) is 1.11. The average molecular weight is 291 g/mol. The summed E-state index contributed by atoms with van der Waals surface area (Å²) in [5.41, 5.74) is 3.78. The van der Waals surface area contributed by atoms with Crippen molar-refractivity contribution in [2.45, 2.75) is 20.8 Å². The largest absolute Gasteiger partial charge is 3.00 e. The predicted octanol–water partition coefficient (Wildman–Crippen LogP) is -3.58. The first-order chi connectivity index (χ1) is 4.18. The molecule has 12 heavy (non-hydrogen) atoms. The molecular weight excluding hydrogens is 280 g/mol. The van der Waals surface area contributed by atoms with Gasteiger partial charge in [0.25, 0.3) is 0 Å². The van der Waals surface area contributed by atoms with E-state index in [0.29, 0.717) is 0 Å². The van der Waals surface area contributed by atoms with Gasteiger partial charge in [-0.05, 0) is 0 Å². The molecule has 0 aliphatic heterocycles. The quantitative estimate of drug-likeness (QED) is 0.343. The summed E-state index contributed by atoms with van der Waals surface area (Å²) in [6.07, 6.45) is 0. The van der Waals surface area contributed by atoms with Crippen molar-refractivity contribution >= 4 is 0 Å². The standard InChI is InChI=1S/C9H11.2ClH.Ru/c1-7-4-8(2)6-9(3)5-7;;;/h4-5H,1-3H3;2*1H;/q-1;;;+3/p-2. The molecule has 0 aliphatic rings. The molecule has 1 radical (unpaired) electrons. The van der Waals surface area contributed by atoms with E-state index in [1.54, 1.807) is 0 Å². The zero-order valence-corrected chi connectivity index (χ0v) is 10.5. The van der Waals surface area contributed by atoms with Crippen LogP contribution in [0.4, 0.5) is 0 Å². The molecule has 0 N–H and O–H groups in total. The zero-order chi connectivity index (χ0) is 6.85. The monoisotopic (exact) mass is 291 g/mol. The summed E-state index contributed by atoms with van der Waals surface area (Å²) in [7, 11) is 0. The van der Waals surface area contributed by atoms with Crippen LogP contribution in [0.5, 0.6) is 0 Å². The SMILES string of the molecule is Cc1[c-]c(C)cc(C)c1.[Cl-].[Cl-].[Ru+3]. The van der Waals surface area contributed by atoms with E-state index in [4.69, 9.17) is 0 Å². The first-order valence-electron chi connectivity index (χ1n) is 3.15. The fraction of sp³-hybridized carbons (Fsp3) is 0.333. The maximum atomic E-state index is 3.21. The molecule has 0 amide bonds. The smallest absolute Gasteiger partial charge is 1.00 e. The van der Waals surface area contributed by atoms with Gasteiger partial charge >= 0.3 is 19.5 Å². The summed E-state index contributed by atoms with van der Waals surface area (Å²) >= 11 is 0. The Morgan fingerprint density at radius 3 is 1.50 bits per heavy atom. The van der Waals surface area contributed by atoms with Gasteiger partial charge in [0.15, 0.2) is 0 Å². The molecule has 0 saturated carbocycles. The molecule has 0 nitrogen and oxygen atoms in total. The second-order valence-electron chi connectivity index (χ2n) is 2.52. The normalized spacial score (nSPS) is 7.25. The van der Waals surface area contributed by atoms with Crippen LogP contribution in [0, 0.1) is 26.8 Å². The first kappa shape index (κ1) is 18.3. The van der Waals surface area contributed by atoms with E-state index < -0.39 is 0 Å². The third-order valence-corrected chi connectivity index (χ3v) is 1.28. The Kier molecular flexibility index (Phi) is 12.2. The second kappa shape index (κ2) is 8.04. The topological polar surface area (TPSA) is 0 Å². The van der Waals surface area contributed by atoms with Crippen LogP contribution in [0.25, 0.3) is 0 Å². The Morgan fingerprint density at radius 2 is 1.25 bits per heavy atom. The van der Waals surface area contributed by atoms with Gasteiger partial charge in [0.05, 0.1) is 0 Å². The van der Waals surface area contributed by atoms with Gasteiger partial charge in [0.1, 0.15) is 0 Å². The number of benzene rings is 1. The molecule has 0 saturated heterocycles. The summed E-state index contributed by atoms with van der Waals surface area (Å²) in [6, 6.07) is 7.47. The number of halogens is 2. The Labute approximate surface area is 99.7 Å². The molecule has 3 heteroatoms.